The predicted molar refractivity (Wildman–Crippen MR) is 184 cm³/mol. The lowest BCUT2D eigenvalue weighted by Crippen LogP contribution is -2.25. The van der Waals surface area contributed by atoms with Gasteiger partial charge in [-0.2, -0.15) is 0 Å². The lowest BCUT2D eigenvalue weighted by atomic mass is 9.70. The summed E-state index contributed by atoms with van der Waals surface area (Å²) >= 11 is 0. The van der Waals surface area contributed by atoms with Crippen LogP contribution in [0.25, 0.3) is 33.4 Å². The van der Waals surface area contributed by atoms with E-state index in [9.17, 15) is 0 Å². The van der Waals surface area contributed by atoms with Gasteiger partial charge in [-0.25, -0.2) is 0 Å². The SMILES string of the molecule is c1ccc(-c2cccc(Nc3cccc4c3Oc3ccc5c(c3O4)-c3ccccc3C53c4ccccc4-c4ccccc43)c2)cc1. The highest BCUT2D eigenvalue weighted by molar-refractivity contribution is 5.98. The number of benzene rings is 7. The number of ether oxygens (including phenoxy) is 2. The molecule has 0 saturated heterocycles. The molecule has 1 heterocycles. The maximum absolute atomic E-state index is 6.86. The van der Waals surface area contributed by atoms with Crippen molar-refractivity contribution in [2.45, 2.75) is 5.41 Å². The van der Waals surface area contributed by atoms with Crippen molar-refractivity contribution in [2.24, 2.45) is 0 Å². The van der Waals surface area contributed by atoms with Crippen molar-refractivity contribution in [1.29, 1.82) is 0 Å². The van der Waals surface area contributed by atoms with Gasteiger partial charge in [0.2, 0.25) is 0 Å². The summed E-state index contributed by atoms with van der Waals surface area (Å²) in [5.41, 5.74) is 13.7. The van der Waals surface area contributed by atoms with E-state index in [1.807, 2.05) is 24.3 Å². The van der Waals surface area contributed by atoms with E-state index in [1.165, 1.54) is 44.5 Å². The van der Waals surface area contributed by atoms with Gasteiger partial charge in [-0.05, 0) is 80.4 Å². The minimum atomic E-state index is -0.426. The maximum atomic E-state index is 6.86. The second-order valence-corrected chi connectivity index (χ2v) is 12.1. The van der Waals surface area contributed by atoms with E-state index < -0.39 is 5.41 Å². The van der Waals surface area contributed by atoms with Gasteiger partial charge < -0.3 is 14.8 Å². The quantitative estimate of drug-likeness (QED) is 0.222. The van der Waals surface area contributed by atoms with Gasteiger partial charge >= 0.3 is 0 Å². The molecule has 0 unspecified atom stereocenters. The summed E-state index contributed by atoms with van der Waals surface area (Å²) in [6.45, 7) is 0. The Hall–Kier alpha value is -6.06. The smallest absolute Gasteiger partial charge is 0.193 e. The van der Waals surface area contributed by atoms with E-state index in [2.05, 4.69) is 139 Å². The Bertz CT molecular complexity index is 2310. The third-order valence-corrected chi connectivity index (χ3v) is 9.73. The maximum Gasteiger partial charge on any atom is 0.193 e. The molecule has 216 valence electrons. The fourth-order valence-corrected chi connectivity index (χ4v) is 7.90. The fraction of sp³-hybridized carbons (Fsp3) is 0.0233. The number of anilines is 2. The van der Waals surface area contributed by atoms with Crippen LogP contribution in [-0.2, 0) is 5.41 Å². The van der Waals surface area contributed by atoms with E-state index in [4.69, 9.17) is 9.47 Å². The van der Waals surface area contributed by atoms with Crippen LogP contribution in [0.3, 0.4) is 0 Å². The second kappa shape index (κ2) is 9.47. The van der Waals surface area contributed by atoms with Gasteiger partial charge in [0.25, 0.3) is 0 Å². The third-order valence-electron chi connectivity index (χ3n) is 9.73. The molecule has 0 bridgehead atoms. The van der Waals surface area contributed by atoms with Crippen LogP contribution in [0.4, 0.5) is 11.4 Å². The zero-order valence-electron chi connectivity index (χ0n) is 24.8. The van der Waals surface area contributed by atoms with E-state index in [1.54, 1.807) is 0 Å². The largest absolute Gasteiger partial charge is 0.449 e. The molecule has 3 aliphatic rings. The van der Waals surface area contributed by atoms with Gasteiger partial charge in [0.05, 0.1) is 11.1 Å². The summed E-state index contributed by atoms with van der Waals surface area (Å²) in [7, 11) is 0. The molecule has 7 aromatic carbocycles. The molecule has 0 atom stereocenters. The molecule has 2 aliphatic carbocycles. The molecule has 3 heteroatoms. The molecule has 10 rings (SSSR count). The molecule has 0 amide bonds. The Balaban J connectivity index is 1.10. The van der Waals surface area contributed by atoms with Crippen LogP contribution in [0.1, 0.15) is 22.3 Å². The summed E-state index contributed by atoms with van der Waals surface area (Å²) in [6.07, 6.45) is 0. The highest BCUT2D eigenvalue weighted by atomic mass is 16.6. The highest BCUT2D eigenvalue weighted by Crippen LogP contribution is 2.66. The number of rotatable bonds is 3. The Labute approximate surface area is 267 Å². The summed E-state index contributed by atoms with van der Waals surface area (Å²) in [5, 5.41) is 3.60. The Morgan fingerprint density at radius 1 is 0.413 bits per heavy atom. The van der Waals surface area contributed by atoms with Crippen LogP contribution in [-0.4, -0.2) is 0 Å². The van der Waals surface area contributed by atoms with Gasteiger partial charge in [0, 0.05) is 11.3 Å². The Kier molecular flexibility index (Phi) is 5.20. The molecule has 3 nitrogen and oxygen atoms in total. The van der Waals surface area contributed by atoms with Gasteiger partial charge in [-0.15, -0.1) is 0 Å². The topological polar surface area (TPSA) is 30.5 Å². The summed E-state index contributed by atoms with van der Waals surface area (Å²) in [6, 6.07) is 55.7. The van der Waals surface area contributed by atoms with Crippen molar-refractivity contribution in [2.75, 3.05) is 5.32 Å². The average molecular weight is 590 g/mol. The zero-order valence-corrected chi connectivity index (χ0v) is 24.8. The van der Waals surface area contributed by atoms with Crippen molar-refractivity contribution in [3.05, 3.63) is 180 Å². The van der Waals surface area contributed by atoms with Crippen molar-refractivity contribution in [1.82, 2.24) is 0 Å². The van der Waals surface area contributed by atoms with E-state index in [0.717, 1.165) is 28.3 Å². The van der Waals surface area contributed by atoms with E-state index in [0.29, 0.717) is 17.2 Å². The first-order valence-electron chi connectivity index (χ1n) is 15.7. The summed E-state index contributed by atoms with van der Waals surface area (Å²) < 4.78 is 13.6. The normalized spacial score (nSPS) is 13.7. The van der Waals surface area contributed by atoms with Gasteiger partial charge in [0.15, 0.2) is 23.0 Å². The van der Waals surface area contributed by atoms with Gasteiger partial charge in [-0.1, -0.05) is 127 Å². The molecule has 1 aliphatic heterocycles. The lowest BCUT2D eigenvalue weighted by molar-refractivity contribution is 0.362. The molecule has 0 saturated carbocycles. The van der Waals surface area contributed by atoms with Gasteiger partial charge in [-0.3, -0.25) is 0 Å². The van der Waals surface area contributed by atoms with E-state index >= 15 is 0 Å². The molecule has 0 aromatic heterocycles. The van der Waals surface area contributed by atoms with Crippen molar-refractivity contribution >= 4 is 11.4 Å². The fourth-order valence-electron chi connectivity index (χ4n) is 7.90. The number of fused-ring (bicyclic) bond motifs is 13. The van der Waals surface area contributed by atoms with Crippen LogP contribution < -0.4 is 14.8 Å². The van der Waals surface area contributed by atoms with Crippen LogP contribution in [0.5, 0.6) is 23.0 Å². The third kappa shape index (κ3) is 3.37. The molecule has 1 N–H and O–H groups in total. The molecule has 0 radical (unpaired) electrons. The Morgan fingerprint density at radius 2 is 1.00 bits per heavy atom. The van der Waals surface area contributed by atoms with Crippen LogP contribution in [0, 0.1) is 0 Å². The standard InChI is InChI=1S/C43H27NO2/c1-2-12-27(13-3-1)28-14-10-15-29(26-28)44-37-22-11-23-38-41(37)45-39-25-24-36-40(42(39)46-38)32-18-6-9-21-35(32)43(36)33-19-7-4-16-30(33)31-17-5-8-20-34(31)43/h1-26,44H. The number of para-hydroxylation sites is 1. The lowest BCUT2D eigenvalue weighted by Gasteiger charge is -2.31. The van der Waals surface area contributed by atoms with E-state index in [-0.39, 0.29) is 0 Å². The zero-order chi connectivity index (χ0) is 30.2. The van der Waals surface area contributed by atoms with Crippen molar-refractivity contribution in [3.63, 3.8) is 0 Å². The average Bonchev–Trinajstić information content (AvgIpc) is 3.59. The Morgan fingerprint density at radius 3 is 1.76 bits per heavy atom. The summed E-state index contributed by atoms with van der Waals surface area (Å²) in [4.78, 5) is 0. The number of hydrogen-bond donors (Lipinski definition) is 1. The second-order valence-electron chi connectivity index (χ2n) is 12.1. The van der Waals surface area contributed by atoms with Gasteiger partial charge in [0.1, 0.15) is 0 Å². The number of nitrogens with one attached hydrogen (secondary N) is 1. The van der Waals surface area contributed by atoms with Crippen LogP contribution in [0.15, 0.2) is 158 Å². The molecular formula is C43H27NO2. The molecule has 7 aromatic rings. The minimum absolute atomic E-state index is 0.426. The van der Waals surface area contributed by atoms with Crippen molar-refractivity contribution in [3.8, 4) is 56.4 Å². The van der Waals surface area contributed by atoms with Crippen LogP contribution >= 0.6 is 0 Å². The number of hydrogen-bond acceptors (Lipinski definition) is 3. The molecule has 0 fully saturated rings. The molecule has 1 spiro atoms. The monoisotopic (exact) mass is 589 g/mol. The summed E-state index contributed by atoms with van der Waals surface area (Å²) in [5.74, 6) is 2.85. The minimum Gasteiger partial charge on any atom is -0.449 e. The van der Waals surface area contributed by atoms with Crippen molar-refractivity contribution < 1.29 is 9.47 Å². The first-order chi connectivity index (χ1) is 22.8. The molecule has 46 heavy (non-hydrogen) atoms. The first-order valence-corrected chi connectivity index (χ1v) is 15.7. The highest BCUT2D eigenvalue weighted by Gasteiger charge is 2.53. The van der Waals surface area contributed by atoms with Crippen LogP contribution in [0.2, 0.25) is 0 Å². The predicted octanol–water partition coefficient (Wildman–Crippen LogP) is 11.3. The first kappa shape index (κ1) is 25.3. The molecular weight excluding hydrogens is 562 g/mol.